The van der Waals surface area contributed by atoms with Gasteiger partial charge >= 0.3 is 0 Å². The van der Waals surface area contributed by atoms with Gasteiger partial charge in [-0.15, -0.1) is 0 Å². The molecular weight excluding hydrogens is 392 g/mol. The first-order chi connectivity index (χ1) is 15.5. The van der Waals surface area contributed by atoms with Crippen molar-refractivity contribution in [2.24, 2.45) is 10.9 Å². The standard InChI is InChI=1S/C29H30N2O/c1-19(2)17-22-10-13-23(14-11-22)24(18-30-5)12-8-20(3)27-21(4)9-15-25-26-7-6-16-31-29(26)32-28(25)27/h6-16,18-19H,17H2,1-5H3/b20-8+,24-12+,30-18?. The SMILES string of the molecule is CN=C/C(=C\C=C(/C)c1c(C)ccc2c1oc1ncccc12)c1ccc(CC(C)C)cc1. The van der Waals surface area contributed by atoms with Crippen LogP contribution in [0.15, 0.2) is 76.3 Å². The van der Waals surface area contributed by atoms with E-state index in [1.54, 1.807) is 6.20 Å². The van der Waals surface area contributed by atoms with Crippen LogP contribution in [0.4, 0.5) is 0 Å². The smallest absolute Gasteiger partial charge is 0.227 e. The molecule has 4 rings (SSSR count). The number of hydrogen-bond acceptors (Lipinski definition) is 3. The van der Waals surface area contributed by atoms with Crippen molar-refractivity contribution in [3.8, 4) is 0 Å². The van der Waals surface area contributed by atoms with E-state index in [9.17, 15) is 0 Å². The lowest BCUT2D eigenvalue weighted by atomic mass is 9.97. The maximum Gasteiger partial charge on any atom is 0.227 e. The van der Waals surface area contributed by atoms with Crippen LogP contribution >= 0.6 is 0 Å². The van der Waals surface area contributed by atoms with E-state index in [0.717, 1.165) is 45.0 Å². The average molecular weight is 423 g/mol. The number of rotatable bonds is 6. The van der Waals surface area contributed by atoms with Crippen LogP contribution in [0.5, 0.6) is 0 Å². The van der Waals surface area contributed by atoms with Crippen LogP contribution in [0.25, 0.3) is 33.2 Å². The first kappa shape index (κ1) is 21.8. The highest BCUT2D eigenvalue weighted by Gasteiger charge is 2.14. The Morgan fingerprint density at radius 1 is 1.03 bits per heavy atom. The number of nitrogens with zero attached hydrogens (tertiary/aromatic N) is 2. The molecule has 0 amide bonds. The summed E-state index contributed by atoms with van der Waals surface area (Å²) in [5.41, 5.74) is 8.63. The summed E-state index contributed by atoms with van der Waals surface area (Å²) < 4.78 is 6.17. The summed E-state index contributed by atoms with van der Waals surface area (Å²) in [7, 11) is 1.81. The van der Waals surface area contributed by atoms with Gasteiger partial charge in [-0.05, 0) is 66.2 Å². The Bertz CT molecular complexity index is 1340. The number of pyridine rings is 1. The molecule has 0 bridgehead atoms. The van der Waals surface area contributed by atoms with Gasteiger partial charge in [-0.3, -0.25) is 4.99 Å². The maximum absolute atomic E-state index is 6.17. The Labute approximate surface area is 190 Å². The van der Waals surface area contributed by atoms with Crippen molar-refractivity contribution in [2.45, 2.75) is 34.1 Å². The lowest BCUT2D eigenvalue weighted by molar-refractivity contribution is 0.647. The van der Waals surface area contributed by atoms with Gasteiger partial charge in [0.15, 0.2) is 0 Å². The molecule has 0 radical (unpaired) electrons. The first-order valence-corrected chi connectivity index (χ1v) is 11.1. The highest BCUT2D eigenvalue weighted by molar-refractivity contribution is 6.11. The van der Waals surface area contributed by atoms with Gasteiger partial charge in [-0.1, -0.05) is 62.4 Å². The maximum atomic E-state index is 6.17. The van der Waals surface area contributed by atoms with E-state index in [1.165, 1.54) is 11.1 Å². The molecule has 3 heteroatoms. The third kappa shape index (κ3) is 4.43. The fraction of sp³-hybridized carbons (Fsp3) is 0.241. The molecule has 3 nitrogen and oxygen atoms in total. The van der Waals surface area contributed by atoms with Gasteiger partial charge < -0.3 is 4.42 Å². The number of allylic oxidation sites excluding steroid dienone is 4. The van der Waals surface area contributed by atoms with E-state index in [0.29, 0.717) is 11.6 Å². The van der Waals surface area contributed by atoms with Crippen LogP contribution < -0.4 is 0 Å². The van der Waals surface area contributed by atoms with Gasteiger partial charge in [0.2, 0.25) is 5.71 Å². The summed E-state index contributed by atoms with van der Waals surface area (Å²) in [5.74, 6) is 0.651. The van der Waals surface area contributed by atoms with Gasteiger partial charge in [0.25, 0.3) is 0 Å². The summed E-state index contributed by atoms with van der Waals surface area (Å²) in [6.45, 7) is 8.75. The van der Waals surface area contributed by atoms with E-state index in [2.05, 4.69) is 92.3 Å². The van der Waals surface area contributed by atoms with Crippen molar-refractivity contribution in [1.29, 1.82) is 0 Å². The van der Waals surface area contributed by atoms with Crippen LogP contribution in [-0.2, 0) is 6.42 Å². The van der Waals surface area contributed by atoms with E-state index in [-0.39, 0.29) is 0 Å². The van der Waals surface area contributed by atoms with Crippen molar-refractivity contribution in [3.05, 3.63) is 89.1 Å². The highest BCUT2D eigenvalue weighted by atomic mass is 16.3. The topological polar surface area (TPSA) is 38.4 Å². The summed E-state index contributed by atoms with van der Waals surface area (Å²) in [4.78, 5) is 8.68. The van der Waals surface area contributed by atoms with Gasteiger partial charge in [-0.25, -0.2) is 4.98 Å². The zero-order chi connectivity index (χ0) is 22.7. The number of fused-ring (bicyclic) bond motifs is 3. The van der Waals surface area contributed by atoms with E-state index >= 15 is 0 Å². The fourth-order valence-electron chi connectivity index (χ4n) is 4.22. The van der Waals surface area contributed by atoms with Crippen molar-refractivity contribution in [1.82, 2.24) is 4.98 Å². The fourth-order valence-corrected chi connectivity index (χ4v) is 4.22. The largest absolute Gasteiger partial charge is 0.437 e. The Morgan fingerprint density at radius 3 is 2.53 bits per heavy atom. The molecule has 2 aromatic carbocycles. The van der Waals surface area contributed by atoms with E-state index in [1.807, 2.05) is 19.3 Å². The van der Waals surface area contributed by atoms with Crippen molar-refractivity contribution >= 4 is 39.4 Å². The molecule has 0 aliphatic heterocycles. The van der Waals surface area contributed by atoms with Crippen LogP contribution in [-0.4, -0.2) is 18.2 Å². The van der Waals surface area contributed by atoms with Crippen molar-refractivity contribution in [2.75, 3.05) is 7.05 Å². The third-order valence-corrected chi connectivity index (χ3v) is 5.73. The third-order valence-electron chi connectivity index (χ3n) is 5.73. The monoisotopic (exact) mass is 422 g/mol. The molecular formula is C29H30N2O. The number of aliphatic imine (C=N–C) groups is 1. The molecule has 162 valence electrons. The van der Waals surface area contributed by atoms with E-state index in [4.69, 9.17) is 4.42 Å². The van der Waals surface area contributed by atoms with Gasteiger partial charge in [-0.2, -0.15) is 0 Å². The highest BCUT2D eigenvalue weighted by Crippen LogP contribution is 2.34. The Hall–Kier alpha value is -3.46. The minimum Gasteiger partial charge on any atom is -0.437 e. The van der Waals surface area contributed by atoms with Crippen LogP contribution in [0.3, 0.4) is 0 Å². The molecule has 2 heterocycles. The molecule has 0 N–H and O–H groups in total. The molecule has 0 spiro atoms. The van der Waals surface area contributed by atoms with Crippen molar-refractivity contribution in [3.63, 3.8) is 0 Å². The normalized spacial score (nSPS) is 13.2. The molecule has 0 unspecified atom stereocenters. The predicted molar refractivity (Wildman–Crippen MR) is 137 cm³/mol. The summed E-state index contributed by atoms with van der Waals surface area (Å²) in [6.07, 6.45) is 9.07. The van der Waals surface area contributed by atoms with E-state index < -0.39 is 0 Å². The molecule has 2 aromatic heterocycles. The number of benzene rings is 2. The Morgan fingerprint density at radius 2 is 1.81 bits per heavy atom. The lowest BCUT2D eigenvalue weighted by Gasteiger charge is -2.08. The molecule has 32 heavy (non-hydrogen) atoms. The summed E-state index contributed by atoms with van der Waals surface area (Å²) in [6, 6.07) is 17.1. The van der Waals surface area contributed by atoms with Crippen LogP contribution in [0.1, 0.15) is 43.0 Å². The molecule has 0 aliphatic carbocycles. The van der Waals surface area contributed by atoms with Gasteiger partial charge in [0, 0.05) is 35.8 Å². The molecule has 0 saturated carbocycles. The first-order valence-electron chi connectivity index (χ1n) is 11.1. The molecule has 0 fully saturated rings. The molecule has 0 saturated heterocycles. The van der Waals surface area contributed by atoms with Crippen LogP contribution in [0, 0.1) is 12.8 Å². The summed E-state index contributed by atoms with van der Waals surface area (Å²) in [5, 5.41) is 2.15. The van der Waals surface area contributed by atoms with Gasteiger partial charge in [0.1, 0.15) is 5.58 Å². The second-order valence-electron chi connectivity index (χ2n) is 8.75. The Kier molecular flexibility index (Phi) is 6.36. The summed E-state index contributed by atoms with van der Waals surface area (Å²) >= 11 is 0. The minimum absolute atomic E-state index is 0.651. The molecule has 4 aromatic rings. The number of aryl methyl sites for hydroxylation is 1. The zero-order valence-corrected chi connectivity index (χ0v) is 19.5. The second kappa shape index (κ2) is 9.35. The lowest BCUT2D eigenvalue weighted by Crippen LogP contribution is -1.94. The number of hydrogen-bond donors (Lipinski definition) is 0. The number of furan rings is 1. The minimum atomic E-state index is 0.651. The van der Waals surface area contributed by atoms with Gasteiger partial charge in [0.05, 0.1) is 0 Å². The van der Waals surface area contributed by atoms with Crippen LogP contribution in [0.2, 0.25) is 0 Å². The number of aromatic nitrogens is 1. The van der Waals surface area contributed by atoms with Crippen molar-refractivity contribution < 1.29 is 4.42 Å². The average Bonchev–Trinajstić information content (AvgIpc) is 3.15. The Balaban J connectivity index is 1.75. The zero-order valence-electron chi connectivity index (χ0n) is 19.5. The second-order valence-corrected chi connectivity index (χ2v) is 8.75. The quantitative estimate of drug-likeness (QED) is 0.236. The molecule has 0 atom stereocenters. The molecule has 0 aliphatic rings. The predicted octanol–water partition coefficient (Wildman–Crippen LogP) is 7.68.